The van der Waals surface area contributed by atoms with Crippen LogP contribution < -0.4 is 16.2 Å². The molecule has 4 N–H and O–H groups in total. The molecule has 1 rings (SSSR count). The Hall–Kier alpha value is -2.36. The number of thiol groups is 1. The highest BCUT2D eigenvalue weighted by Crippen LogP contribution is 2.10. The summed E-state index contributed by atoms with van der Waals surface area (Å²) in [5.41, 5.74) is 0.150. The van der Waals surface area contributed by atoms with Gasteiger partial charge >= 0.3 is 12.0 Å². The number of Topliss-reactive ketones (excluding diaryl/α,β-unsaturated/α-hetero) is 1. The molecule has 0 aliphatic heterocycles. The van der Waals surface area contributed by atoms with Crippen molar-refractivity contribution in [1.29, 1.82) is 0 Å². The van der Waals surface area contributed by atoms with E-state index in [1.807, 2.05) is 0 Å². The topological polar surface area (TPSA) is 141 Å². The third kappa shape index (κ3) is 8.65. The number of nitrogens with zero attached hydrogens (tertiary/aromatic N) is 1. The maximum absolute atomic E-state index is 11.7. The van der Waals surface area contributed by atoms with E-state index in [1.165, 1.54) is 6.07 Å². The fourth-order valence-corrected chi connectivity index (χ4v) is 2.51. The monoisotopic (exact) mass is 384 g/mol. The average Bonchev–Trinajstić information content (AvgIpc) is 2.54. The van der Waals surface area contributed by atoms with Crippen molar-refractivity contribution in [2.24, 2.45) is 5.92 Å². The van der Waals surface area contributed by atoms with Gasteiger partial charge in [0.1, 0.15) is 5.78 Å². The Bertz CT molecular complexity index is 691. The van der Waals surface area contributed by atoms with Gasteiger partial charge in [-0.05, 0) is 19.8 Å². The van der Waals surface area contributed by atoms with Gasteiger partial charge in [0, 0.05) is 36.9 Å². The van der Waals surface area contributed by atoms with E-state index in [9.17, 15) is 19.2 Å². The van der Waals surface area contributed by atoms with Crippen LogP contribution in [0.4, 0.5) is 10.7 Å². The minimum atomic E-state index is -1.01. The predicted octanol–water partition coefficient (Wildman–Crippen LogP) is 1.35. The third-order valence-corrected chi connectivity index (χ3v) is 4.00. The van der Waals surface area contributed by atoms with Gasteiger partial charge in [-0.25, -0.2) is 9.78 Å². The number of aryl methyl sites for hydroxylation is 1. The van der Waals surface area contributed by atoms with E-state index in [1.54, 1.807) is 6.92 Å². The molecule has 0 bridgehead atoms. The van der Waals surface area contributed by atoms with Crippen molar-refractivity contribution in [1.82, 2.24) is 15.3 Å². The molecule has 0 fully saturated rings. The number of ketones is 1. The molecule has 0 aliphatic rings. The molecule has 1 atom stereocenters. The summed E-state index contributed by atoms with van der Waals surface area (Å²) in [6.45, 7) is 2.05. The number of hydrogen-bond acceptors (Lipinski definition) is 6. The maximum Gasteiger partial charge on any atom is 0.321 e. The van der Waals surface area contributed by atoms with Gasteiger partial charge < -0.3 is 10.4 Å². The van der Waals surface area contributed by atoms with Crippen LogP contribution in [0.1, 0.15) is 37.8 Å². The van der Waals surface area contributed by atoms with Crippen LogP contribution in [0, 0.1) is 12.8 Å². The molecule has 0 spiro atoms. The Kier molecular flexibility index (Phi) is 9.42. The molecule has 26 heavy (non-hydrogen) atoms. The molecule has 2 amide bonds. The summed E-state index contributed by atoms with van der Waals surface area (Å²) < 4.78 is 0. The first-order valence-corrected chi connectivity index (χ1v) is 8.93. The summed E-state index contributed by atoms with van der Waals surface area (Å²) >= 11 is 3.93. The summed E-state index contributed by atoms with van der Waals surface area (Å²) in [7, 11) is 0. The van der Waals surface area contributed by atoms with Crippen LogP contribution in [0.3, 0.4) is 0 Å². The Morgan fingerprint density at radius 1 is 1.31 bits per heavy atom. The number of rotatable bonds is 11. The number of nitrogens with one attached hydrogen (secondary N) is 3. The number of carbonyl (C=O) groups excluding carboxylic acids is 2. The van der Waals surface area contributed by atoms with E-state index in [-0.39, 0.29) is 29.5 Å². The Morgan fingerprint density at radius 3 is 2.65 bits per heavy atom. The summed E-state index contributed by atoms with van der Waals surface area (Å²) in [6, 6.07) is 0.840. The molecular weight excluding hydrogens is 360 g/mol. The molecule has 1 aromatic heterocycles. The molecule has 0 aromatic carbocycles. The van der Waals surface area contributed by atoms with Crippen LogP contribution in [0.5, 0.6) is 0 Å². The first-order valence-electron chi connectivity index (χ1n) is 8.30. The number of aliphatic carboxylic acids is 1. The lowest BCUT2D eigenvalue weighted by Crippen LogP contribution is -2.31. The normalized spacial score (nSPS) is 11.6. The number of aromatic nitrogens is 2. The van der Waals surface area contributed by atoms with Crippen molar-refractivity contribution in [3.05, 3.63) is 22.1 Å². The van der Waals surface area contributed by atoms with Crippen LogP contribution in [0.2, 0.25) is 0 Å². The van der Waals surface area contributed by atoms with Crippen LogP contribution in [-0.4, -0.2) is 45.2 Å². The lowest BCUT2D eigenvalue weighted by atomic mass is 10.0. The zero-order valence-electron chi connectivity index (χ0n) is 14.6. The molecule has 1 unspecified atom stereocenters. The highest BCUT2D eigenvalue weighted by atomic mass is 32.1. The first-order chi connectivity index (χ1) is 12.3. The number of H-pyrrole nitrogens is 1. The summed E-state index contributed by atoms with van der Waals surface area (Å²) in [4.78, 5) is 51.9. The Labute approximate surface area is 156 Å². The molecule has 144 valence electrons. The fourth-order valence-electron chi connectivity index (χ4n) is 2.22. The standard InChI is InChI=1S/C16H24N4O5S/c1-10-7-13(22)19-15(18-10)20-16(25)17-6-4-2-3-5-12(21)8-11(9-26)14(23)24/h7,11,26H,2-6,8-9H2,1H3,(H,23,24)(H3,17,18,19,20,22,25). The zero-order valence-corrected chi connectivity index (χ0v) is 15.5. The minimum Gasteiger partial charge on any atom is -0.481 e. The predicted molar refractivity (Wildman–Crippen MR) is 99.7 cm³/mol. The van der Waals surface area contributed by atoms with E-state index in [2.05, 4.69) is 33.2 Å². The number of carbonyl (C=O) groups is 3. The largest absolute Gasteiger partial charge is 0.481 e. The second-order valence-corrected chi connectivity index (χ2v) is 6.25. The van der Waals surface area contributed by atoms with E-state index in [0.29, 0.717) is 31.5 Å². The highest BCUT2D eigenvalue weighted by Gasteiger charge is 2.19. The van der Waals surface area contributed by atoms with Crippen LogP contribution in [0.15, 0.2) is 10.9 Å². The van der Waals surface area contributed by atoms with Gasteiger partial charge in [0.2, 0.25) is 5.95 Å². The second-order valence-electron chi connectivity index (χ2n) is 5.89. The van der Waals surface area contributed by atoms with Gasteiger partial charge in [0.15, 0.2) is 0 Å². The fraction of sp³-hybridized carbons (Fsp3) is 0.562. The molecule has 0 radical (unpaired) electrons. The van der Waals surface area contributed by atoms with Crippen molar-refractivity contribution in [3.8, 4) is 0 Å². The minimum absolute atomic E-state index is 0.00117. The number of carboxylic acids is 1. The molecular formula is C16H24N4O5S. The number of aromatic amines is 1. The van der Waals surface area contributed by atoms with Crippen molar-refractivity contribution in [2.75, 3.05) is 17.6 Å². The van der Waals surface area contributed by atoms with Gasteiger partial charge in [0.25, 0.3) is 5.56 Å². The third-order valence-electron chi connectivity index (χ3n) is 3.56. The van der Waals surface area contributed by atoms with E-state index in [0.717, 1.165) is 6.42 Å². The van der Waals surface area contributed by atoms with Crippen molar-refractivity contribution < 1.29 is 19.5 Å². The lowest BCUT2D eigenvalue weighted by Gasteiger charge is -2.08. The SMILES string of the molecule is Cc1cc(=O)[nH]c(NC(=O)NCCCCCC(=O)CC(CS)C(=O)O)n1. The maximum atomic E-state index is 11.7. The molecule has 1 heterocycles. The molecule has 9 nitrogen and oxygen atoms in total. The number of unbranched alkanes of at least 4 members (excludes halogenated alkanes) is 2. The number of amides is 2. The van der Waals surface area contributed by atoms with E-state index >= 15 is 0 Å². The van der Waals surface area contributed by atoms with Crippen molar-refractivity contribution in [3.63, 3.8) is 0 Å². The van der Waals surface area contributed by atoms with Gasteiger partial charge in [-0.2, -0.15) is 12.6 Å². The van der Waals surface area contributed by atoms with Crippen molar-refractivity contribution >= 4 is 36.4 Å². The molecule has 10 heteroatoms. The summed E-state index contributed by atoms with van der Waals surface area (Å²) in [5.74, 6) is -1.62. The number of carboxylic acid groups (broad SMARTS) is 1. The highest BCUT2D eigenvalue weighted by molar-refractivity contribution is 7.80. The number of hydrogen-bond donors (Lipinski definition) is 5. The van der Waals surface area contributed by atoms with Crippen molar-refractivity contribution in [2.45, 2.75) is 39.0 Å². The number of anilines is 1. The van der Waals surface area contributed by atoms with E-state index < -0.39 is 17.9 Å². The van der Waals surface area contributed by atoms with Gasteiger partial charge in [-0.3, -0.25) is 24.7 Å². The lowest BCUT2D eigenvalue weighted by molar-refractivity contribution is -0.142. The van der Waals surface area contributed by atoms with Gasteiger partial charge in [-0.15, -0.1) is 0 Å². The molecule has 0 saturated carbocycles. The smallest absolute Gasteiger partial charge is 0.321 e. The van der Waals surface area contributed by atoms with Gasteiger partial charge in [-0.1, -0.05) is 6.42 Å². The Morgan fingerprint density at radius 2 is 2.04 bits per heavy atom. The molecule has 1 aromatic rings. The van der Waals surface area contributed by atoms with E-state index in [4.69, 9.17) is 5.11 Å². The van der Waals surface area contributed by atoms with Gasteiger partial charge in [0.05, 0.1) is 5.92 Å². The van der Waals surface area contributed by atoms with Crippen LogP contribution >= 0.6 is 12.6 Å². The first kappa shape index (κ1) is 21.7. The molecule has 0 saturated heterocycles. The molecule has 0 aliphatic carbocycles. The van der Waals surface area contributed by atoms with Crippen LogP contribution in [0.25, 0.3) is 0 Å². The average molecular weight is 384 g/mol. The quantitative estimate of drug-likeness (QED) is 0.288. The second kappa shape index (κ2) is 11.3. The Balaban J connectivity index is 2.16. The van der Waals surface area contributed by atoms with Crippen LogP contribution in [-0.2, 0) is 9.59 Å². The number of urea groups is 1. The summed E-state index contributed by atoms with van der Waals surface area (Å²) in [5, 5.41) is 13.9. The summed E-state index contributed by atoms with van der Waals surface area (Å²) in [6.07, 6.45) is 2.35. The zero-order chi connectivity index (χ0) is 19.5.